The topological polar surface area (TPSA) is 77.2 Å². The molecule has 5 nitrogen and oxygen atoms in total. The first-order valence-corrected chi connectivity index (χ1v) is 4.70. The Morgan fingerprint density at radius 2 is 2.47 bits per heavy atom. The molecule has 1 aromatic rings. The van der Waals surface area contributed by atoms with Crippen molar-refractivity contribution in [2.24, 2.45) is 5.73 Å². The van der Waals surface area contributed by atoms with E-state index < -0.39 is 5.91 Å². The van der Waals surface area contributed by atoms with Crippen LogP contribution in [0, 0.1) is 0 Å². The second kappa shape index (κ2) is 5.31. The summed E-state index contributed by atoms with van der Waals surface area (Å²) in [6.45, 7) is 2.62. The molecule has 0 radical (unpaired) electrons. The van der Waals surface area contributed by atoms with E-state index in [0.29, 0.717) is 18.0 Å². The number of pyridine rings is 1. The lowest BCUT2D eigenvalue weighted by Crippen LogP contribution is -2.26. The zero-order chi connectivity index (χ0) is 11.3. The Balaban J connectivity index is 2.69. The second-order valence-corrected chi connectivity index (χ2v) is 3.23. The highest BCUT2D eigenvalue weighted by Crippen LogP contribution is 2.10. The summed E-state index contributed by atoms with van der Waals surface area (Å²) in [5.41, 5.74) is 5.54. The molecule has 1 amide bonds. The van der Waals surface area contributed by atoms with Crippen molar-refractivity contribution in [3.05, 3.63) is 23.9 Å². The fourth-order valence-corrected chi connectivity index (χ4v) is 1.16. The molecular weight excluding hydrogens is 194 g/mol. The number of rotatable bonds is 5. The van der Waals surface area contributed by atoms with E-state index in [1.807, 2.05) is 14.0 Å². The summed E-state index contributed by atoms with van der Waals surface area (Å²) in [5, 5.41) is 2.98. The van der Waals surface area contributed by atoms with Gasteiger partial charge in [-0.15, -0.1) is 0 Å². The highest BCUT2D eigenvalue weighted by molar-refractivity contribution is 5.92. The third-order valence-corrected chi connectivity index (χ3v) is 1.83. The minimum Gasteiger partial charge on any atom is -0.473 e. The molecule has 0 spiro atoms. The van der Waals surface area contributed by atoms with Crippen molar-refractivity contribution in [1.82, 2.24) is 10.3 Å². The van der Waals surface area contributed by atoms with Crippen molar-refractivity contribution in [3.8, 4) is 5.88 Å². The number of ether oxygens (including phenoxy) is 1. The predicted octanol–water partition coefficient (Wildman–Crippen LogP) is 0.167. The van der Waals surface area contributed by atoms with Crippen LogP contribution in [-0.4, -0.2) is 30.6 Å². The molecule has 1 unspecified atom stereocenters. The van der Waals surface area contributed by atoms with Crippen molar-refractivity contribution in [2.45, 2.75) is 13.0 Å². The van der Waals surface area contributed by atoms with Gasteiger partial charge in [0.05, 0.1) is 0 Å². The van der Waals surface area contributed by atoms with Crippen LogP contribution in [0.2, 0.25) is 0 Å². The maximum absolute atomic E-state index is 10.9. The Kier molecular flexibility index (Phi) is 4.05. The summed E-state index contributed by atoms with van der Waals surface area (Å²) in [5.74, 6) is -0.0717. The van der Waals surface area contributed by atoms with Gasteiger partial charge in [-0.3, -0.25) is 4.79 Å². The molecule has 0 aliphatic rings. The highest BCUT2D eigenvalue weighted by atomic mass is 16.5. The lowest BCUT2D eigenvalue weighted by Gasteiger charge is -2.13. The molecular formula is C10H15N3O2. The van der Waals surface area contributed by atoms with Gasteiger partial charge in [-0.1, -0.05) is 0 Å². The molecule has 0 aliphatic heterocycles. The molecule has 82 valence electrons. The molecule has 0 saturated heterocycles. The fourth-order valence-electron chi connectivity index (χ4n) is 1.16. The lowest BCUT2D eigenvalue weighted by molar-refractivity contribution is 0.0999. The molecule has 0 saturated carbocycles. The number of nitrogens with two attached hydrogens (primary N) is 1. The average Bonchev–Trinajstić information content (AvgIpc) is 2.18. The third kappa shape index (κ3) is 3.55. The molecule has 1 atom stereocenters. The third-order valence-electron chi connectivity index (χ3n) is 1.83. The van der Waals surface area contributed by atoms with E-state index in [1.165, 1.54) is 12.3 Å². The van der Waals surface area contributed by atoms with E-state index in [0.717, 1.165) is 0 Å². The Labute approximate surface area is 88.6 Å². The number of carbonyl (C=O) groups excluding carboxylic acids is 1. The number of nitrogens with one attached hydrogen (secondary N) is 1. The van der Waals surface area contributed by atoms with Crippen LogP contribution in [0.15, 0.2) is 18.3 Å². The van der Waals surface area contributed by atoms with Crippen LogP contribution in [0.1, 0.15) is 17.3 Å². The van der Waals surface area contributed by atoms with Gasteiger partial charge in [0.1, 0.15) is 6.10 Å². The Morgan fingerprint density at radius 1 is 1.73 bits per heavy atom. The van der Waals surface area contributed by atoms with Gasteiger partial charge in [0.2, 0.25) is 11.8 Å². The van der Waals surface area contributed by atoms with E-state index in [-0.39, 0.29) is 6.10 Å². The number of primary amides is 1. The maximum atomic E-state index is 10.9. The standard InChI is InChI=1S/C10H15N3O2/c1-7(6-12-2)15-9-5-8(10(11)14)3-4-13-9/h3-5,7,12H,6H2,1-2H3,(H2,11,14). The maximum Gasteiger partial charge on any atom is 0.248 e. The molecule has 15 heavy (non-hydrogen) atoms. The van der Waals surface area contributed by atoms with Crippen LogP contribution in [-0.2, 0) is 0 Å². The van der Waals surface area contributed by atoms with Crippen molar-refractivity contribution in [3.63, 3.8) is 0 Å². The molecule has 0 aliphatic carbocycles. The van der Waals surface area contributed by atoms with Crippen LogP contribution >= 0.6 is 0 Å². The zero-order valence-electron chi connectivity index (χ0n) is 8.86. The first kappa shape index (κ1) is 11.5. The minimum atomic E-state index is -0.483. The van der Waals surface area contributed by atoms with E-state index >= 15 is 0 Å². The quantitative estimate of drug-likeness (QED) is 0.724. The summed E-state index contributed by atoms with van der Waals surface area (Å²) in [6, 6.07) is 3.09. The van der Waals surface area contributed by atoms with Gasteiger partial charge in [-0.2, -0.15) is 0 Å². The molecule has 1 aromatic heterocycles. The summed E-state index contributed by atoms with van der Waals surface area (Å²) in [7, 11) is 1.84. The van der Waals surface area contributed by atoms with Crippen LogP contribution in [0.3, 0.4) is 0 Å². The number of carbonyl (C=O) groups is 1. The van der Waals surface area contributed by atoms with Crippen LogP contribution in [0.5, 0.6) is 5.88 Å². The molecule has 0 fully saturated rings. The normalized spacial score (nSPS) is 12.1. The van der Waals surface area contributed by atoms with Gasteiger partial charge in [-0.25, -0.2) is 4.98 Å². The van der Waals surface area contributed by atoms with Gasteiger partial charge >= 0.3 is 0 Å². The highest BCUT2D eigenvalue weighted by Gasteiger charge is 2.06. The number of nitrogens with zero attached hydrogens (tertiary/aromatic N) is 1. The predicted molar refractivity (Wildman–Crippen MR) is 56.8 cm³/mol. The Bertz CT molecular complexity index is 341. The van der Waals surface area contributed by atoms with E-state index in [2.05, 4.69) is 10.3 Å². The Hall–Kier alpha value is -1.62. The number of hydrogen-bond donors (Lipinski definition) is 2. The largest absolute Gasteiger partial charge is 0.473 e. The smallest absolute Gasteiger partial charge is 0.248 e. The number of aromatic nitrogens is 1. The fraction of sp³-hybridized carbons (Fsp3) is 0.400. The van der Waals surface area contributed by atoms with Crippen molar-refractivity contribution >= 4 is 5.91 Å². The van der Waals surface area contributed by atoms with Gasteiger partial charge in [0.15, 0.2) is 0 Å². The van der Waals surface area contributed by atoms with Gasteiger partial charge in [0, 0.05) is 24.4 Å². The summed E-state index contributed by atoms with van der Waals surface area (Å²) in [6.07, 6.45) is 1.49. The van der Waals surface area contributed by atoms with E-state index in [9.17, 15) is 4.79 Å². The summed E-state index contributed by atoms with van der Waals surface area (Å²) >= 11 is 0. The molecule has 5 heteroatoms. The Morgan fingerprint density at radius 3 is 3.07 bits per heavy atom. The van der Waals surface area contributed by atoms with Crippen LogP contribution in [0.25, 0.3) is 0 Å². The van der Waals surface area contributed by atoms with Crippen molar-refractivity contribution in [2.75, 3.05) is 13.6 Å². The average molecular weight is 209 g/mol. The van der Waals surface area contributed by atoms with Crippen molar-refractivity contribution in [1.29, 1.82) is 0 Å². The molecule has 3 N–H and O–H groups in total. The molecule has 0 bridgehead atoms. The summed E-state index contributed by atoms with van der Waals surface area (Å²) in [4.78, 5) is 14.9. The van der Waals surface area contributed by atoms with E-state index in [4.69, 9.17) is 10.5 Å². The zero-order valence-corrected chi connectivity index (χ0v) is 8.86. The summed E-state index contributed by atoms with van der Waals surface area (Å²) < 4.78 is 5.46. The van der Waals surface area contributed by atoms with Crippen LogP contribution < -0.4 is 15.8 Å². The van der Waals surface area contributed by atoms with Gasteiger partial charge in [0.25, 0.3) is 0 Å². The minimum absolute atomic E-state index is 0.00868. The number of amides is 1. The lowest BCUT2D eigenvalue weighted by atomic mass is 10.2. The molecule has 0 aromatic carbocycles. The second-order valence-electron chi connectivity index (χ2n) is 3.23. The van der Waals surface area contributed by atoms with Crippen LogP contribution in [0.4, 0.5) is 0 Å². The molecule has 1 rings (SSSR count). The molecule has 1 heterocycles. The van der Waals surface area contributed by atoms with Crippen molar-refractivity contribution < 1.29 is 9.53 Å². The monoisotopic (exact) mass is 209 g/mol. The number of likely N-dealkylation sites (N-methyl/N-ethyl adjacent to an activating group) is 1. The van der Waals surface area contributed by atoms with E-state index in [1.54, 1.807) is 6.07 Å². The first-order chi connectivity index (χ1) is 7.13. The first-order valence-electron chi connectivity index (χ1n) is 4.70. The SMILES string of the molecule is CNCC(C)Oc1cc(C(N)=O)ccn1. The number of hydrogen-bond acceptors (Lipinski definition) is 4. The van der Waals surface area contributed by atoms with Gasteiger partial charge in [-0.05, 0) is 20.0 Å². The van der Waals surface area contributed by atoms with Gasteiger partial charge < -0.3 is 15.8 Å².